The summed E-state index contributed by atoms with van der Waals surface area (Å²) in [5, 5.41) is 5.02. The van der Waals surface area contributed by atoms with Crippen LogP contribution in [0.1, 0.15) is 27.7 Å². The predicted octanol–water partition coefficient (Wildman–Crippen LogP) is 5.10. The molecule has 0 spiro atoms. The molecule has 0 aliphatic heterocycles. The third kappa shape index (κ3) is 4.18. The third-order valence-corrected chi connectivity index (χ3v) is 4.21. The van der Waals surface area contributed by atoms with E-state index in [4.69, 9.17) is 32.4 Å². The molecule has 26 heavy (non-hydrogen) atoms. The number of aryl methyl sites for hydroxylation is 2. The van der Waals surface area contributed by atoms with Crippen molar-refractivity contribution in [1.29, 1.82) is 0 Å². The molecule has 0 aliphatic carbocycles. The Bertz CT molecular complexity index is 953. The second-order valence-electron chi connectivity index (χ2n) is 5.64. The van der Waals surface area contributed by atoms with Crippen LogP contribution in [0, 0.1) is 6.92 Å². The van der Waals surface area contributed by atoms with Crippen LogP contribution in [0.2, 0.25) is 10.0 Å². The zero-order valence-electron chi connectivity index (χ0n) is 14.2. The molecule has 0 fully saturated rings. The maximum Gasteiger partial charge on any atom is 0.203 e. The molecular formula is C19H16Cl2N2O3. The summed E-state index contributed by atoms with van der Waals surface area (Å²) in [6, 6.07) is 10.4. The van der Waals surface area contributed by atoms with Crippen LogP contribution >= 0.6 is 23.2 Å². The lowest BCUT2D eigenvalue weighted by molar-refractivity contribution is 0.103. The summed E-state index contributed by atoms with van der Waals surface area (Å²) in [4.78, 5) is 12.2. The van der Waals surface area contributed by atoms with Gasteiger partial charge in [-0.2, -0.15) is 5.10 Å². The quantitative estimate of drug-likeness (QED) is 0.433. The molecule has 3 aromatic rings. The van der Waals surface area contributed by atoms with E-state index in [0.29, 0.717) is 33.0 Å². The summed E-state index contributed by atoms with van der Waals surface area (Å²) in [7, 11) is 1.73. The SMILES string of the molecule is Cc1cc(C(=O)/C=C/c2ccc(COc3c(Cl)cccc3Cl)o2)n(C)n1. The van der Waals surface area contributed by atoms with E-state index in [2.05, 4.69) is 5.10 Å². The first-order chi connectivity index (χ1) is 12.4. The number of hydrogen-bond acceptors (Lipinski definition) is 4. The van der Waals surface area contributed by atoms with E-state index in [1.807, 2.05) is 6.92 Å². The van der Waals surface area contributed by atoms with Gasteiger partial charge in [0.25, 0.3) is 0 Å². The fraction of sp³-hybridized carbons (Fsp3) is 0.158. The molecule has 3 rings (SSSR count). The first-order valence-corrected chi connectivity index (χ1v) is 8.58. The lowest BCUT2D eigenvalue weighted by Crippen LogP contribution is -2.03. The summed E-state index contributed by atoms with van der Waals surface area (Å²) in [6.07, 6.45) is 3.06. The number of nitrogens with zero attached hydrogens (tertiary/aromatic N) is 2. The van der Waals surface area contributed by atoms with Gasteiger partial charge >= 0.3 is 0 Å². The Labute approximate surface area is 160 Å². The Kier molecular flexibility index (Phi) is 5.49. The Hall–Kier alpha value is -2.50. The highest BCUT2D eigenvalue weighted by Gasteiger charge is 2.10. The van der Waals surface area contributed by atoms with Crippen LogP contribution in [0.4, 0.5) is 0 Å². The minimum absolute atomic E-state index is 0.148. The number of aromatic nitrogens is 2. The van der Waals surface area contributed by atoms with Gasteiger partial charge in [0.15, 0.2) is 5.75 Å². The minimum atomic E-state index is -0.148. The predicted molar refractivity (Wildman–Crippen MR) is 101 cm³/mol. The fourth-order valence-corrected chi connectivity index (χ4v) is 2.92. The summed E-state index contributed by atoms with van der Waals surface area (Å²) in [6.45, 7) is 2.01. The molecule has 0 N–H and O–H groups in total. The average Bonchev–Trinajstić information content (AvgIpc) is 3.18. The third-order valence-electron chi connectivity index (χ3n) is 3.61. The van der Waals surface area contributed by atoms with Crippen LogP contribution in [0.15, 0.2) is 46.9 Å². The summed E-state index contributed by atoms with van der Waals surface area (Å²) in [5.41, 5.74) is 1.31. The number of halogens is 2. The average molecular weight is 391 g/mol. The molecule has 0 atom stereocenters. The van der Waals surface area contributed by atoms with Crippen molar-refractivity contribution >= 4 is 35.1 Å². The molecule has 0 bridgehead atoms. The van der Waals surface area contributed by atoms with Crippen molar-refractivity contribution in [3.63, 3.8) is 0 Å². The van der Waals surface area contributed by atoms with Crippen LogP contribution in [-0.2, 0) is 13.7 Å². The van der Waals surface area contributed by atoms with E-state index in [1.165, 1.54) is 6.08 Å². The first-order valence-electron chi connectivity index (χ1n) is 7.82. The van der Waals surface area contributed by atoms with E-state index in [1.54, 1.807) is 54.2 Å². The number of benzene rings is 1. The van der Waals surface area contributed by atoms with Crippen LogP contribution in [-0.4, -0.2) is 15.6 Å². The van der Waals surface area contributed by atoms with E-state index < -0.39 is 0 Å². The van der Waals surface area contributed by atoms with Crippen molar-refractivity contribution in [2.75, 3.05) is 0 Å². The number of ketones is 1. The number of carbonyl (C=O) groups is 1. The molecular weight excluding hydrogens is 375 g/mol. The van der Waals surface area contributed by atoms with Gasteiger partial charge in [-0.15, -0.1) is 0 Å². The number of carbonyl (C=O) groups excluding carboxylic acids is 1. The van der Waals surface area contributed by atoms with Gasteiger partial charge in [-0.1, -0.05) is 29.3 Å². The van der Waals surface area contributed by atoms with Gasteiger partial charge in [0.05, 0.1) is 15.7 Å². The molecule has 134 valence electrons. The van der Waals surface area contributed by atoms with E-state index >= 15 is 0 Å². The molecule has 0 saturated heterocycles. The highest BCUT2D eigenvalue weighted by Crippen LogP contribution is 2.33. The zero-order valence-corrected chi connectivity index (χ0v) is 15.7. The maximum atomic E-state index is 12.2. The Morgan fingerprint density at radius 1 is 1.27 bits per heavy atom. The molecule has 2 heterocycles. The van der Waals surface area contributed by atoms with E-state index in [-0.39, 0.29) is 12.4 Å². The highest BCUT2D eigenvalue weighted by atomic mass is 35.5. The minimum Gasteiger partial charge on any atom is -0.483 e. The number of allylic oxidation sites excluding steroid dienone is 1. The van der Waals surface area contributed by atoms with Gasteiger partial charge in [-0.05, 0) is 49.4 Å². The molecule has 0 saturated carbocycles. The normalized spacial score (nSPS) is 11.2. The topological polar surface area (TPSA) is 57.3 Å². The van der Waals surface area contributed by atoms with Gasteiger partial charge < -0.3 is 9.15 Å². The fourth-order valence-electron chi connectivity index (χ4n) is 2.41. The van der Waals surface area contributed by atoms with E-state index in [9.17, 15) is 4.79 Å². The van der Waals surface area contributed by atoms with Crippen molar-refractivity contribution in [3.05, 3.63) is 75.4 Å². The largest absolute Gasteiger partial charge is 0.483 e. The number of hydrogen-bond donors (Lipinski definition) is 0. The summed E-state index contributed by atoms with van der Waals surface area (Å²) in [5.74, 6) is 1.39. The van der Waals surface area contributed by atoms with Crippen molar-refractivity contribution in [2.24, 2.45) is 7.05 Å². The Morgan fingerprint density at radius 3 is 2.65 bits per heavy atom. The number of para-hydroxylation sites is 1. The van der Waals surface area contributed by atoms with Gasteiger partial charge in [-0.3, -0.25) is 9.48 Å². The lowest BCUT2D eigenvalue weighted by atomic mass is 10.2. The van der Waals surface area contributed by atoms with Crippen molar-refractivity contribution in [2.45, 2.75) is 13.5 Å². The van der Waals surface area contributed by atoms with Crippen LogP contribution in [0.5, 0.6) is 5.75 Å². The summed E-state index contributed by atoms with van der Waals surface area (Å²) >= 11 is 12.1. The van der Waals surface area contributed by atoms with Gasteiger partial charge in [0, 0.05) is 7.05 Å². The van der Waals surface area contributed by atoms with Crippen molar-refractivity contribution < 1.29 is 13.9 Å². The second kappa shape index (κ2) is 7.81. The molecule has 0 radical (unpaired) electrons. The van der Waals surface area contributed by atoms with Crippen LogP contribution in [0.3, 0.4) is 0 Å². The molecule has 0 unspecified atom stereocenters. The number of furan rings is 1. The number of rotatable bonds is 6. The molecule has 2 aromatic heterocycles. The van der Waals surface area contributed by atoms with Crippen molar-refractivity contribution in [1.82, 2.24) is 9.78 Å². The van der Waals surface area contributed by atoms with Crippen molar-refractivity contribution in [3.8, 4) is 5.75 Å². The van der Waals surface area contributed by atoms with E-state index in [0.717, 1.165) is 5.69 Å². The molecule has 5 nitrogen and oxygen atoms in total. The summed E-state index contributed by atoms with van der Waals surface area (Å²) < 4.78 is 12.8. The Balaban J connectivity index is 1.64. The van der Waals surface area contributed by atoms with Crippen LogP contribution < -0.4 is 4.74 Å². The standard InChI is InChI=1S/C19H16Cl2N2O3/c1-12-10-17(23(2)22-12)18(24)9-8-13-6-7-14(26-13)11-25-19-15(20)4-3-5-16(19)21/h3-10H,11H2,1-2H3/b9-8+. The maximum absolute atomic E-state index is 12.2. The molecule has 7 heteroatoms. The van der Waals surface area contributed by atoms with Gasteiger partial charge in [0.2, 0.25) is 5.78 Å². The lowest BCUT2D eigenvalue weighted by Gasteiger charge is -2.07. The van der Waals surface area contributed by atoms with Gasteiger partial charge in [0.1, 0.15) is 23.8 Å². The van der Waals surface area contributed by atoms with Crippen LogP contribution in [0.25, 0.3) is 6.08 Å². The first kappa shape index (κ1) is 18.3. The molecule has 0 amide bonds. The van der Waals surface area contributed by atoms with Gasteiger partial charge in [-0.25, -0.2) is 0 Å². The highest BCUT2D eigenvalue weighted by molar-refractivity contribution is 6.37. The second-order valence-corrected chi connectivity index (χ2v) is 6.45. The molecule has 0 aliphatic rings. The monoisotopic (exact) mass is 390 g/mol. The zero-order chi connectivity index (χ0) is 18.7. The molecule has 1 aromatic carbocycles. The Morgan fingerprint density at radius 2 is 2.00 bits per heavy atom. The number of ether oxygens (including phenoxy) is 1. The smallest absolute Gasteiger partial charge is 0.203 e.